The van der Waals surface area contributed by atoms with E-state index in [1.807, 2.05) is 4.90 Å². The molecule has 0 spiro atoms. The van der Waals surface area contributed by atoms with Gasteiger partial charge >= 0.3 is 0 Å². The highest BCUT2D eigenvalue weighted by Gasteiger charge is 2.12. The average molecular weight is 275 g/mol. The summed E-state index contributed by atoms with van der Waals surface area (Å²) in [5, 5.41) is 18.0. The van der Waals surface area contributed by atoms with Crippen molar-refractivity contribution in [3.05, 3.63) is 54.0 Å². The molecule has 2 N–H and O–H groups in total. The van der Waals surface area contributed by atoms with Crippen LogP contribution < -0.4 is 4.90 Å². The van der Waals surface area contributed by atoms with Crippen molar-refractivity contribution in [3.8, 4) is 0 Å². The molecule has 1 aromatic carbocycles. The Morgan fingerprint density at radius 1 is 1.05 bits per heavy atom. The number of hydrogen-bond donors (Lipinski definition) is 2. The molecule has 1 heterocycles. The topological polar surface area (TPSA) is 73.9 Å². The van der Waals surface area contributed by atoms with Crippen molar-refractivity contribution < 1.29 is 19.4 Å². The Morgan fingerprint density at radius 3 is 2.20 bits per heavy atom. The Kier molecular flexibility index (Phi) is 4.92. The first-order valence-electron chi connectivity index (χ1n) is 6.41. The van der Waals surface area contributed by atoms with Crippen molar-refractivity contribution in [2.45, 2.75) is 0 Å². The normalized spacial score (nSPS) is 10.5. The van der Waals surface area contributed by atoms with E-state index in [-0.39, 0.29) is 19.0 Å². The van der Waals surface area contributed by atoms with Gasteiger partial charge < -0.3 is 19.5 Å². The number of hydrogen-bond acceptors (Lipinski definition) is 5. The summed E-state index contributed by atoms with van der Waals surface area (Å²) in [5.41, 5.74) is 1.39. The first-order valence-corrected chi connectivity index (χ1v) is 6.41. The minimum absolute atomic E-state index is 0.00702. The predicted octanol–water partition coefficient (Wildman–Crippen LogP) is 1.30. The van der Waals surface area contributed by atoms with Crippen LogP contribution in [0.5, 0.6) is 0 Å². The predicted molar refractivity (Wildman–Crippen MR) is 75.0 cm³/mol. The van der Waals surface area contributed by atoms with Gasteiger partial charge in [-0.1, -0.05) is 0 Å². The molecule has 20 heavy (non-hydrogen) atoms. The highest BCUT2D eigenvalue weighted by Crippen LogP contribution is 2.17. The molecule has 0 aliphatic carbocycles. The van der Waals surface area contributed by atoms with Gasteiger partial charge in [0, 0.05) is 24.3 Å². The van der Waals surface area contributed by atoms with Crippen LogP contribution in [0.2, 0.25) is 0 Å². The minimum atomic E-state index is -0.169. The Bertz CT molecular complexity index is 528. The minimum Gasteiger partial charge on any atom is -0.461 e. The summed E-state index contributed by atoms with van der Waals surface area (Å²) in [5.74, 6) is 0.137. The van der Waals surface area contributed by atoms with Crippen LogP contribution >= 0.6 is 0 Å². The third-order valence-corrected chi connectivity index (χ3v) is 2.98. The summed E-state index contributed by atoms with van der Waals surface area (Å²) in [6, 6.07) is 10.3. The van der Waals surface area contributed by atoms with Gasteiger partial charge in [-0.3, -0.25) is 4.79 Å². The van der Waals surface area contributed by atoms with Crippen LogP contribution in [0.3, 0.4) is 0 Å². The van der Waals surface area contributed by atoms with Gasteiger partial charge in [0.1, 0.15) is 0 Å². The second kappa shape index (κ2) is 6.88. The number of ketones is 1. The van der Waals surface area contributed by atoms with E-state index >= 15 is 0 Å². The molecule has 1 aromatic heterocycles. The van der Waals surface area contributed by atoms with E-state index in [0.717, 1.165) is 5.69 Å². The summed E-state index contributed by atoms with van der Waals surface area (Å²) in [7, 11) is 0. The van der Waals surface area contributed by atoms with Gasteiger partial charge in [0.15, 0.2) is 5.76 Å². The molecule has 0 saturated carbocycles. The van der Waals surface area contributed by atoms with Crippen LogP contribution in [-0.4, -0.2) is 42.3 Å². The lowest BCUT2D eigenvalue weighted by Gasteiger charge is -2.22. The van der Waals surface area contributed by atoms with Gasteiger partial charge in [0.2, 0.25) is 5.78 Å². The van der Waals surface area contributed by atoms with E-state index in [1.54, 1.807) is 36.4 Å². The number of aliphatic hydroxyl groups is 2. The molecule has 0 fully saturated rings. The third-order valence-electron chi connectivity index (χ3n) is 2.98. The van der Waals surface area contributed by atoms with Crippen LogP contribution in [0, 0.1) is 0 Å². The van der Waals surface area contributed by atoms with Crippen LogP contribution in [0.1, 0.15) is 16.1 Å². The summed E-state index contributed by atoms with van der Waals surface area (Å²) in [4.78, 5) is 13.9. The zero-order valence-corrected chi connectivity index (χ0v) is 11.0. The van der Waals surface area contributed by atoms with E-state index < -0.39 is 0 Å². The number of aliphatic hydroxyl groups excluding tert-OH is 2. The van der Waals surface area contributed by atoms with Crippen molar-refractivity contribution in [1.29, 1.82) is 0 Å². The van der Waals surface area contributed by atoms with Crippen molar-refractivity contribution in [2.24, 2.45) is 0 Å². The van der Waals surface area contributed by atoms with Gasteiger partial charge in [0.05, 0.1) is 19.5 Å². The maximum absolute atomic E-state index is 12.1. The van der Waals surface area contributed by atoms with Crippen molar-refractivity contribution >= 4 is 11.5 Å². The van der Waals surface area contributed by atoms with Crippen molar-refractivity contribution in [1.82, 2.24) is 0 Å². The molecule has 106 valence electrons. The lowest BCUT2D eigenvalue weighted by atomic mass is 10.1. The second-order valence-corrected chi connectivity index (χ2v) is 4.29. The van der Waals surface area contributed by atoms with Crippen LogP contribution in [0.15, 0.2) is 47.1 Å². The fraction of sp³-hybridized carbons (Fsp3) is 0.267. The molecule has 0 atom stereocenters. The summed E-state index contributed by atoms with van der Waals surface area (Å²) in [6.45, 7) is 0.887. The first kappa shape index (κ1) is 14.3. The van der Waals surface area contributed by atoms with E-state index in [1.165, 1.54) is 6.26 Å². The summed E-state index contributed by atoms with van der Waals surface area (Å²) < 4.78 is 5.08. The second-order valence-electron chi connectivity index (χ2n) is 4.29. The van der Waals surface area contributed by atoms with E-state index in [4.69, 9.17) is 14.6 Å². The molecule has 2 aromatic rings. The molecular weight excluding hydrogens is 258 g/mol. The number of carbonyl (C=O) groups excluding carboxylic acids is 1. The molecule has 0 unspecified atom stereocenters. The SMILES string of the molecule is O=C(c1ccc(N(CCO)CCO)cc1)c1ccco1. The number of nitrogens with zero attached hydrogens (tertiary/aromatic N) is 1. The monoisotopic (exact) mass is 275 g/mol. The average Bonchev–Trinajstić information content (AvgIpc) is 3.01. The van der Waals surface area contributed by atoms with E-state index in [0.29, 0.717) is 24.4 Å². The lowest BCUT2D eigenvalue weighted by Crippen LogP contribution is -2.29. The number of carbonyl (C=O) groups is 1. The van der Waals surface area contributed by atoms with E-state index in [9.17, 15) is 4.79 Å². The van der Waals surface area contributed by atoms with Crippen molar-refractivity contribution in [3.63, 3.8) is 0 Å². The highest BCUT2D eigenvalue weighted by atomic mass is 16.3. The molecular formula is C15H17NO4. The quantitative estimate of drug-likeness (QED) is 0.745. The first-order chi connectivity index (χ1) is 9.76. The Hall–Kier alpha value is -2.11. The Labute approximate surface area is 117 Å². The van der Waals surface area contributed by atoms with Gasteiger partial charge in [0.25, 0.3) is 0 Å². The highest BCUT2D eigenvalue weighted by molar-refractivity contribution is 6.07. The number of benzene rings is 1. The molecule has 2 rings (SSSR count). The molecule has 0 saturated heterocycles. The standard InChI is InChI=1S/C15H17NO4/c17-9-7-16(8-10-18)13-5-3-12(4-6-13)15(19)14-2-1-11-20-14/h1-6,11,17-18H,7-10H2. The molecule has 0 bridgehead atoms. The number of rotatable bonds is 7. The van der Waals surface area contributed by atoms with Gasteiger partial charge in [-0.25, -0.2) is 0 Å². The molecule has 5 nitrogen and oxygen atoms in total. The Morgan fingerprint density at radius 2 is 1.70 bits per heavy atom. The van der Waals surface area contributed by atoms with Gasteiger partial charge in [-0.05, 0) is 36.4 Å². The van der Waals surface area contributed by atoms with Crippen LogP contribution in [0.25, 0.3) is 0 Å². The van der Waals surface area contributed by atoms with Crippen molar-refractivity contribution in [2.75, 3.05) is 31.2 Å². The molecule has 5 heteroatoms. The molecule has 0 amide bonds. The van der Waals surface area contributed by atoms with E-state index in [2.05, 4.69) is 0 Å². The zero-order valence-electron chi connectivity index (χ0n) is 11.0. The zero-order chi connectivity index (χ0) is 14.4. The maximum Gasteiger partial charge on any atom is 0.228 e. The Balaban J connectivity index is 2.14. The summed E-state index contributed by atoms with van der Waals surface area (Å²) >= 11 is 0. The van der Waals surface area contributed by atoms with Gasteiger partial charge in [-0.2, -0.15) is 0 Å². The lowest BCUT2D eigenvalue weighted by molar-refractivity contribution is 0.101. The largest absolute Gasteiger partial charge is 0.461 e. The molecule has 0 radical (unpaired) electrons. The molecule has 0 aliphatic heterocycles. The van der Waals surface area contributed by atoms with Crippen LogP contribution in [-0.2, 0) is 0 Å². The van der Waals surface area contributed by atoms with Gasteiger partial charge in [-0.15, -0.1) is 0 Å². The smallest absolute Gasteiger partial charge is 0.228 e. The summed E-state index contributed by atoms with van der Waals surface area (Å²) in [6.07, 6.45) is 1.46. The fourth-order valence-corrected chi connectivity index (χ4v) is 1.99. The fourth-order valence-electron chi connectivity index (χ4n) is 1.99. The maximum atomic E-state index is 12.1. The third kappa shape index (κ3) is 3.26. The molecule has 0 aliphatic rings. The number of anilines is 1. The van der Waals surface area contributed by atoms with Crippen LogP contribution in [0.4, 0.5) is 5.69 Å². The number of furan rings is 1.